The third kappa shape index (κ3) is 4.76. The molecule has 1 fully saturated rings. The average Bonchev–Trinajstić information content (AvgIpc) is 2.99. The van der Waals surface area contributed by atoms with Gasteiger partial charge in [-0.3, -0.25) is 14.4 Å². The number of rotatable bonds is 5. The zero-order valence-electron chi connectivity index (χ0n) is 15.8. The van der Waals surface area contributed by atoms with Gasteiger partial charge in [0.25, 0.3) is 0 Å². The van der Waals surface area contributed by atoms with E-state index in [-0.39, 0.29) is 5.91 Å². The summed E-state index contributed by atoms with van der Waals surface area (Å²) in [5, 5.41) is 4.76. The normalized spacial score (nSPS) is 18.1. The quantitative estimate of drug-likeness (QED) is 0.811. The van der Waals surface area contributed by atoms with Gasteiger partial charge in [0.15, 0.2) is 0 Å². The van der Waals surface area contributed by atoms with Crippen LogP contribution in [0.25, 0.3) is 0 Å². The van der Waals surface area contributed by atoms with Gasteiger partial charge in [-0.1, -0.05) is 30.3 Å². The lowest BCUT2D eigenvalue weighted by atomic mass is 10.2. The molecule has 0 spiro atoms. The molecule has 2 aliphatic rings. The minimum absolute atomic E-state index is 0.215. The summed E-state index contributed by atoms with van der Waals surface area (Å²) in [6.07, 6.45) is 2.35. The smallest absolute Gasteiger partial charge is 0.223 e. The first-order chi connectivity index (χ1) is 13.3. The fourth-order valence-corrected chi connectivity index (χ4v) is 3.89. The molecule has 1 saturated heterocycles. The molecule has 0 N–H and O–H groups in total. The zero-order valence-corrected chi connectivity index (χ0v) is 15.8. The second kappa shape index (κ2) is 8.67. The molecule has 0 radical (unpaired) electrons. The second-order valence-corrected chi connectivity index (χ2v) is 7.39. The Morgan fingerprint density at radius 2 is 1.89 bits per heavy atom. The van der Waals surface area contributed by atoms with E-state index in [9.17, 15) is 4.79 Å². The summed E-state index contributed by atoms with van der Waals surface area (Å²) >= 11 is 0. The van der Waals surface area contributed by atoms with Crippen LogP contribution in [0.5, 0.6) is 0 Å². The number of hydrogen-bond donors (Lipinski definition) is 0. The van der Waals surface area contributed by atoms with E-state index >= 15 is 0 Å². The number of amides is 1. The van der Waals surface area contributed by atoms with Crippen molar-refractivity contribution < 1.29 is 9.53 Å². The SMILES string of the molecule is O=C(CCc1cc2n(n1)CCCN(Cc1ccccc1)C2)N1CCOCC1. The van der Waals surface area contributed by atoms with Gasteiger partial charge >= 0.3 is 0 Å². The minimum atomic E-state index is 0.215. The van der Waals surface area contributed by atoms with Crippen LogP contribution >= 0.6 is 0 Å². The van der Waals surface area contributed by atoms with Gasteiger partial charge < -0.3 is 9.64 Å². The van der Waals surface area contributed by atoms with E-state index in [0.29, 0.717) is 32.7 Å². The molecule has 1 aromatic heterocycles. The highest BCUT2D eigenvalue weighted by molar-refractivity contribution is 5.76. The van der Waals surface area contributed by atoms with Crippen LogP contribution in [-0.4, -0.2) is 58.3 Å². The van der Waals surface area contributed by atoms with Crippen LogP contribution in [0.1, 0.15) is 29.8 Å². The summed E-state index contributed by atoms with van der Waals surface area (Å²) in [6.45, 7) is 6.67. The lowest BCUT2D eigenvalue weighted by molar-refractivity contribution is -0.135. The fourth-order valence-electron chi connectivity index (χ4n) is 3.89. The molecule has 1 amide bonds. The van der Waals surface area contributed by atoms with Gasteiger partial charge in [0.1, 0.15) is 0 Å². The molecule has 4 rings (SSSR count). The molecule has 0 saturated carbocycles. The van der Waals surface area contributed by atoms with Gasteiger partial charge in [-0.2, -0.15) is 5.10 Å². The van der Waals surface area contributed by atoms with Crippen molar-refractivity contribution in [1.82, 2.24) is 19.6 Å². The average molecular weight is 368 g/mol. The second-order valence-electron chi connectivity index (χ2n) is 7.39. The van der Waals surface area contributed by atoms with Crippen molar-refractivity contribution in [2.75, 3.05) is 32.8 Å². The highest BCUT2D eigenvalue weighted by Crippen LogP contribution is 2.17. The van der Waals surface area contributed by atoms with Crippen LogP contribution in [0.4, 0.5) is 0 Å². The monoisotopic (exact) mass is 368 g/mol. The van der Waals surface area contributed by atoms with Gasteiger partial charge in [0, 0.05) is 52.1 Å². The Bertz CT molecular complexity index is 753. The van der Waals surface area contributed by atoms with Crippen molar-refractivity contribution in [1.29, 1.82) is 0 Å². The topological polar surface area (TPSA) is 50.6 Å². The number of ether oxygens (including phenoxy) is 1. The van der Waals surface area contributed by atoms with Crippen LogP contribution < -0.4 is 0 Å². The molecule has 2 aromatic rings. The van der Waals surface area contributed by atoms with E-state index in [1.54, 1.807) is 0 Å². The Labute approximate surface area is 160 Å². The third-order valence-electron chi connectivity index (χ3n) is 5.35. The summed E-state index contributed by atoms with van der Waals surface area (Å²) in [4.78, 5) is 16.7. The van der Waals surface area contributed by atoms with Crippen molar-refractivity contribution in [2.45, 2.75) is 38.9 Å². The maximum atomic E-state index is 12.4. The molecule has 3 heterocycles. The molecule has 27 heavy (non-hydrogen) atoms. The summed E-state index contributed by atoms with van der Waals surface area (Å²) in [6, 6.07) is 12.8. The first-order valence-corrected chi connectivity index (χ1v) is 9.95. The van der Waals surface area contributed by atoms with Crippen molar-refractivity contribution in [3.05, 3.63) is 53.3 Å². The molecule has 144 valence electrons. The highest BCUT2D eigenvalue weighted by atomic mass is 16.5. The first-order valence-electron chi connectivity index (χ1n) is 9.95. The van der Waals surface area contributed by atoms with E-state index in [0.717, 1.165) is 44.7 Å². The van der Waals surface area contributed by atoms with E-state index in [1.165, 1.54) is 11.3 Å². The lowest BCUT2D eigenvalue weighted by Crippen LogP contribution is -2.40. The largest absolute Gasteiger partial charge is 0.378 e. The number of fused-ring (bicyclic) bond motifs is 1. The van der Waals surface area contributed by atoms with Crippen molar-refractivity contribution >= 4 is 5.91 Å². The van der Waals surface area contributed by atoms with Crippen molar-refractivity contribution in [3.63, 3.8) is 0 Å². The summed E-state index contributed by atoms with van der Waals surface area (Å²) in [5.41, 5.74) is 3.65. The molecule has 2 aliphatic heterocycles. The number of carbonyl (C=O) groups excluding carboxylic acids is 1. The summed E-state index contributed by atoms with van der Waals surface area (Å²) in [7, 11) is 0. The first kappa shape index (κ1) is 18.2. The number of hydrogen-bond acceptors (Lipinski definition) is 4. The molecular weight excluding hydrogens is 340 g/mol. The molecule has 6 nitrogen and oxygen atoms in total. The minimum Gasteiger partial charge on any atom is -0.378 e. The Morgan fingerprint density at radius 1 is 1.07 bits per heavy atom. The van der Waals surface area contributed by atoms with E-state index in [1.807, 2.05) is 4.90 Å². The van der Waals surface area contributed by atoms with Gasteiger partial charge in [-0.25, -0.2) is 0 Å². The van der Waals surface area contributed by atoms with Crippen LogP contribution in [0.3, 0.4) is 0 Å². The Hall–Kier alpha value is -2.18. The van der Waals surface area contributed by atoms with E-state index in [2.05, 4.69) is 46.0 Å². The molecule has 6 heteroatoms. The maximum absolute atomic E-state index is 12.4. The highest BCUT2D eigenvalue weighted by Gasteiger charge is 2.19. The van der Waals surface area contributed by atoms with Gasteiger partial charge in [0.05, 0.1) is 24.6 Å². The van der Waals surface area contributed by atoms with Crippen molar-refractivity contribution in [3.8, 4) is 0 Å². The molecule has 0 unspecified atom stereocenters. The number of benzene rings is 1. The van der Waals surface area contributed by atoms with Gasteiger partial charge in [0.2, 0.25) is 5.91 Å². The van der Waals surface area contributed by atoms with Gasteiger partial charge in [-0.15, -0.1) is 0 Å². The van der Waals surface area contributed by atoms with Crippen LogP contribution in [0, 0.1) is 0 Å². The van der Waals surface area contributed by atoms with Gasteiger partial charge in [-0.05, 0) is 18.1 Å². The molecule has 0 atom stereocenters. The fraction of sp³-hybridized carbons (Fsp3) is 0.524. The number of morpholine rings is 1. The lowest BCUT2D eigenvalue weighted by Gasteiger charge is -2.26. The Kier molecular flexibility index (Phi) is 5.84. The number of carbonyl (C=O) groups is 1. The molecular formula is C21H28N4O2. The standard InChI is InChI=1S/C21H28N4O2/c26-21(24-11-13-27-14-12-24)8-7-19-15-20-17-23(9-4-10-25(20)22-19)16-18-5-2-1-3-6-18/h1-3,5-6,15H,4,7-14,16-17H2. The zero-order chi connectivity index (χ0) is 18.5. The maximum Gasteiger partial charge on any atom is 0.223 e. The predicted octanol–water partition coefficient (Wildman–Crippen LogP) is 2.08. The number of aromatic nitrogens is 2. The Morgan fingerprint density at radius 3 is 2.70 bits per heavy atom. The predicted molar refractivity (Wildman–Crippen MR) is 103 cm³/mol. The number of aryl methyl sites for hydroxylation is 2. The molecule has 1 aromatic carbocycles. The molecule has 0 aliphatic carbocycles. The van der Waals surface area contributed by atoms with Crippen LogP contribution in [0.15, 0.2) is 36.4 Å². The third-order valence-corrected chi connectivity index (χ3v) is 5.35. The van der Waals surface area contributed by atoms with Crippen LogP contribution in [0.2, 0.25) is 0 Å². The summed E-state index contributed by atoms with van der Waals surface area (Å²) < 4.78 is 7.46. The Balaban J connectivity index is 1.35. The van der Waals surface area contributed by atoms with E-state index in [4.69, 9.17) is 9.84 Å². The summed E-state index contributed by atoms with van der Waals surface area (Å²) in [5.74, 6) is 0.215. The number of nitrogens with zero attached hydrogens (tertiary/aromatic N) is 4. The molecule has 0 bridgehead atoms. The van der Waals surface area contributed by atoms with Crippen molar-refractivity contribution in [2.24, 2.45) is 0 Å². The van der Waals surface area contributed by atoms with E-state index < -0.39 is 0 Å². The van der Waals surface area contributed by atoms with Crippen LogP contribution in [-0.2, 0) is 35.6 Å².